The summed E-state index contributed by atoms with van der Waals surface area (Å²) in [5.74, 6) is 0.113. The van der Waals surface area contributed by atoms with Crippen molar-refractivity contribution in [2.45, 2.75) is 37.0 Å². The number of ether oxygens (including phenoxy) is 2. The van der Waals surface area contributed by atoms with E-state index in [1.54, 1.807) is 18.3 Å². The first-order valence-electron chi connectivity index (χ1n) is 7.89. The molecule has 0 radical (unpaired) electrons. The molecule has 27 heavy (non-hydrogen) atoms. The number of aliphatic hydroxyl groups is 3. The van der Waals surface area contributed by atoms with Crippen LogP contribution in [0.2, 0.25) is 0 Å². The second-order valence-electron chi connectivity index (χ2n) is 5.99. The third-order valence-corrected chi connectivity index (χ3v) is 5.07. The highest BCUT2D eigenvalue weighted by molar-refractivity contribution is 7.86. The molecule has 5 atom stereocenters. The van der Waals surface area contributed by atoms with Crippen molar-refractivity contribution in [3.8, 4) is 17.0 Å². The van der Waals surface area contributed by atoms with Crippen LogP contribution in [0, 0.1) is 6.92 Å². The Morgan fingerprint density at radius 1 is 1.07 bits per heavy atom. The summed E-state index contributed by atoms with van der Waals surface area (Å²) in [6, 6.07) is 6.74. The summed E-state index contributed by atoms with van der Waals surface area (Å²) in [5, 5.41) is 29.4. The quantitative estimate of drug-likeness (QED) is 0.494. The lowest BCUT2D eigenvalue weighted by Gasteiger charge is -2.38. The maximum atomic E-state index is 11.3. The zero-order chi connectivity index (χ0) is 19.8. The van der Waals surface area contributed by atoms with Crippen molar-refractivity contribution in [2.75, 3.05) is 0 Å². The van der Waals surface area contributed by atoms with Gasteiger partial charge in [0.15, 0.2) is 0 Å². The molecule has 1 aliphatic rings. The number of aromatic nitrogens is 2. The van der Waals surface area contributed by atoms with Gasteiger partial charge in [-0.2, -0.15) is 8.42 Å². The van der Waals surface area contributed by atoms with E-state index in [0.717, 1.165) is 11.3 Å². The van der Waals surface area contributed by atoms with E-state index in [1.165, 1.54) is 12.3 Å². The van der Waals surface area contributed by atoms with Gasteiger partial charge in [-0.25, -0.2) is 0 Å². The van der Waals surface area contributed by atoms with Gasteiger partial charge in [0.25, 0.3) is 10.1 Å². The molecule has 1 aliphatic heterocycles. The topological polar surface area (TPSA) is 159 Å². The molecule has 146 valence electrons. The van der Waals surface area contributed by atoms with E-state index < -0.39 is 40.2 Å². The van der Waals surface area contributed by atoms with Crippen LogP contribution in [0.4, 0.5) is 0 Å². The molecule has 0 aliphatic carbocycles. The van der Waals surface area contributed by atoms with Gasteiger partial charge < -0.3 is 24.8 Å². The molecule has 2 aromatic rings. The van der Waals surface area contributed by atoms with Crippen molar-refractivity contribution in [3.63, 3.8) is 0 Å². The molecule has 0 amide bonds. The number of aliphatic hydroxyl groups excluding tert-OH is 3. The predicted molar refractivity (Wildman–Crippen MR) is 91.1 cm³/mol. The van der Waals surface area contributed by atoms with Crippen LogP contribution in [-0.4, -0.2) is 68.3 Å². The minimum absolute atomic E-state index is 0.113. The van der Waals surface area contributed by atoms with Crippen molar-refractivity contribution in [1.82, 2.24) is 9.97 Å². The monoisotopic (exact) mass is 398 g/mol. The highest BCUT2D eigenvalue weighted by atomic mass is 32.2. The Kier molecular flexibility index (Phi) is 5.42. The van der Waals surface area contributed by atoms with E-state index in [9.17, 15) is 23.7 Å². The molecule has 3 heterocycles. The lowest BCUT2D eigenvalue weighted by atomic mass is 10.1. The van der Waals surface area contributed by atoms with Crippen molar-refractivity contribution < 1.29 is 37.8 Å². The number of rotatable bonds is 4. The molecular formula is C16H18N2O8S. The molecule has 4 N–H and O–H groups in total. The normalized spacial score (nSPS) is 28.7. The van der Waals surface area contributed by atoms with E-state index in [2.05, 4.69) is 9.97 Å². The van der Waals surface area contributed by atoms with E-state index in [-0.39, 0.29) is 5.75 Å². The fourth-order valence-corrected chi connectivity index (χ4v) is 3.42. The minimum atomic E-state index is -4.85. The van der Waals surface area contributed by atoms with Crippen LogP contribution >= 0.6 is 0 Å². The number of nitrogens with zero attached hydrogens (tertiary/aromatic N) is 2. The second kappa shape index (κ2) is 7.46. The second-order valence-corrected chi connectivity index (χ2v) is 7.49. The Morgan fingerprint density at radius 2 is 1.81 bits per heavy atom. The molecular weight excluding hydrogens is 380 g/mol. The zero-order valence-electron chi connectivity index (χ0n) is 14.1. The third-order valence-electron chi connectivity index (χ3n) is 4.09. The summed E-state index contributed by atoms with van der Waals surface area (Å²) in [6.07, 6.45) is -4.37. The zero-order valence-corrected chi connectivity index (χ0v) is 14.9. The molecule has 10 nitrogen and oxygen atoms in total. The van der Waals surface area contributed by atoms with Crippen LogP contribution < -0.4 is 4.74 Å². The van der Waals surface area contributed by atoms with E-state index in [0.29, 0.717) is 5.69 Å². The summed E-state index contributed by atoms with van der Waals surface area (Å²) >= 11 is 0. The Morgan fingerprint density at radius 3 is 2.41 bits per heavy atom. The molecule has 3 rings (SSSR count). The van der Waals surface area contributed by atoms with Crippen LogP contribution in [0.25, 0.3) is 11.3 Å². The van der Waals surface area contributed by atoms with Gasteiger partial charge in [0.2, 0.25) is 11.7 Å². The maximum absolute atomic E-state index is 11.3. The molecule has 0 aromatic carbocycles. The fourth-order valence-electron chi connectivity index (χ4n) is 2.66. The van der Waals surface area contributed by atoms with Gasteiger partial charge in [-0.15, -0.1) is 0 Å². The van der Waals surface area contributed by atoms with Crippen molar-refractivity contribution in [2.24, 2.45) is 0 Å². The van der Waals surface area contributed by atoms with Crippen molar-refractivity contribution >= 4 is 10.1 Å². The lowest BCUT2D eigenvalue weighted by Crippen LogP contribution is -2.61. The molecule has 1 fully saturated rings. The first-order chi connectivity index (χ1) is 12.7. The van der Waals surface area contributed by atoms with Gasteiger partial charge in [0, 0.05) is 17.5 Å². The average molecular weight is 398 g/mol. The van der Waals surface area contributed by atoms with E-state index in [4.69, 9.17) is 14.0 Å². The van der Waals surface area contributed by atoms with Crippen LogP contribution in [0.5, 0.6) is 5.75 Å². The minimum Gasteiger partial charge on any atom is -0.460 e. The van der Waals surface area contributed by atoms with E-state index in [1.807, 2.05) is 13.0 Å². The van der Waals surface area contributed by atoms with Gasteiger partial charge in [0.05, 0.1) is 11.9 Å². The average Bonchev–Trinajstić information content (AvgIpc) is 2.62. The van der Waals surface area contributed by atoms with Crippen molar-refractivity contribution in [1.29, 1.82) is 0 Å². The van der Waals surface area contributed by atoms with Gasteiger partial charge >= 0.3 is 0 Å². The lowest BCUT2D eigenvalue weighted by molar-refractivity contribution is -0.254. The Labute approximate surface area is 154 Å². The van der Waals surface area contributed by atoms with Crippen LogP contribution in [0.3, 0.4) is 0 Å². The maximum Gasteiger partial charge on any atom is 0.295 e. The fraction of sp³-hybridized carbons (Fsp3) is 0.375. The number of hydrogen-bond acceptors (Lipinski definition) is 9. The Bertz CT molecular complexity index is 905. The van der Waals surface area contributed by atoms with Crippen LogP contribution in [0.15, 0.2) is 36.7 Å². The molecule has 1 unspecified atom stereocenters. The first-order valence-corrected chi connectivity index (χ1v) is 9.39. The third kappa shape index (κ3) is 4.08. The number of pyridine rings is 2. The molecule has 0 bridgehead atoms. The van der Waals surface area contributed by atoms with Crippen LogP contribution in [-0.2, 0) is 14.9 Å². The number of aryl methyl sites for hydroxylation is 1. The van der Waals surface area contributed by atoms with E-state index >= 15 is 0 Å². The molecule has 11 heteroatoms. The smallest absolute Gasteiger partial charge is 0.295 e. The van der Waals surface area contributed by atoms with Crippen molar-refractivity contribution in [3.05, 3.63) is 42.4 Å². The molecule has 0 spiro atoms. The largest absolute Gasteiger partial charge is 0.460 e. The highest BCUT2D eigenvalue weighted by Gasteiger charge is 2.50. The summed E-state index contributed by atoms with van der Waals surface area (Å²) in [6.45, 7) is 1.83. The highest BCUT2D eigenvalue weighted by Crippen LogP contribution is 2.27. The summed E-state index contributed by atoms with van der Waals surface area (Å²) in [4.78, 5) is 8.39. The number of hydrogen-bond donors (Lipinski definition) is 4. The van der Waals surface area contributed by atoms with Crippen LogP contribution in [0.1, 0.15) is 5.69 Å². The van der Waals surface area contributed by atoms with Gasteiger partial charge in [0.1, 0.15) is 24.1 Å². The van der Waals surface area contributed by atoms with Gasteiger partial charge in [-0.3, -0.25) is 14.5 Å². The summed E-state index contributed by atoms with van der Waals surface area (Å²) in [7, 11) is -4.85. The summed E-state index contributed by atoms with van der Waals surface area (Å²) in [5.41, 5.74) is 0.0382. The molecule has 0 saturated carbocycles. The predicted octanol–water partition coefficient (Wildman–Crippen LogP) is -0.516. The Hall–Kier alpha value is -2.15. The first kappa shape index (κ1) is 19.6. The molecule has 1 saturated heterocycles. The SMILES string of the molecule is Cc1ncccc1-c1ccc(O[C@@H]2OC(S(=O)(=O)O)[C@@H](O)[C@H](O)[C@H]2O)cn1. The Balaban J connectivity index is 1.79. The standard InChI is InChI=1S/C16H18N2O8S/c1-8-10(3-2-6-17-8)11-5-4-9(7-18-11)25-15-13(20)12(19)14(21)16(26-15)27(22,23)24/h2-7,12-16,19-21H,1H3,(H,22,23,24)/t12-,13-,14+,15-,16?/m1/s1. The van der Waals surface area contributed by atoms with Gasteiger partial charge in [-0.05, 0) is 31.2 Å². The van der Waals surface area contributed by atoms with Gasteiger partial charge in [-0.1, -0.05) is 0 Å². The molecule has 2 aromatic heterocycles. The summed E-state index contributed by atoms with van der Waals surface area (Å²) < 4.78 is 41.9.